The van der Waals surface area contributed by atoms with Gasteiger partial charge in [0.2, 0.25) is 0 Å². The van der Waals surface area contributed by atoms with Crippen LogP contribution < -0.4 is 0 Å². The number of carbonyl (C=O) groups is 1. The van der Waals surface area contributed by atoms with Crippen LogP contribution in [0.2, 0.25) is 0 Å². The predicted molar refractivity (Wildman–Crippen MR) is 304 cm³/mol. The Morgan fingerprint density at radius 3 is 0.493 bits per heavy atom. The molecular formula is C65H130O2. The number of hydrogen-bond acceptors (Lipinski definition) is 2. The normalized spacial score (nSPS) is 11.6. The third kappa shape index (κ3) is 63.5. The Balaban J connectivity index is 3.14. The average molecular weight is 944 g/mol. The Kier molecular flexibility index (Phi) is 63.0. The van der Waals surface area contributed by atoms with E-state index in [4.69, 9.17) is 4.74 Å². The third-order valence-corrected chi connectivity index (χ3v) is 15.5. The van der Waals surface area contributed by atoms with Gasteiger partial charge in [-0.25, -0.2) is 0 Å². The molecule has 0 saturated heterocycles. The van der Waals surface area contributed by atoms with Crippen molar-refractivity contribution in [3.05, 3.63) is 0 Å². The molecule has 0 aromatic rings. The lowest BCUT2D eigenvalue weighted by Gasteiger charge is -2.06. The minimum atomic E-state index is 0.0376. The van der Waals surface area contributed by atoms with Crippen LogP contribution in [0.15, 0.2) is 0 Å². The van der Waals surface area contributed by atoms with Crippen molar-refractivity contribution in [2.45, 2.75) is 406 Å². The fraction of sp³-hybridized carbons (Fsp3) is 0.985. The first kappa shape index (κ1) is 66.5. The van der Waals surface area contributed by atoms with Crippen LogP contribution in [0.4, 0.5) is 0 Å². The van der Waals surface area contributed by atoms with Crippen molar-refractivity contribution in [1.29, 1.82) is 0 Å². The van der Waals surface area contributed by atoms with Crippen molar-refractivity contribution in [3.63, 3.8) is 0 Å². The Morgan fingerprint density at radius 1 is 0.194 bits per heavy atom. The second kappa shape index (κ2) is 63.5. The van der Waals surface area contributed by atoms with Gasteiger partial charge in [0.15, 0.2) is 0 Å². The summed E-state index contributed by atoms with van der Waals surface area (Å²) in [7, 11) is 0. The minimum Gasteiger partial charge on any atom is -0.466 e. The average Bonchev–Trinajstić information content (AvgIpc) is 3.33. The fourth-order valence-electron chi connectivity index (χ4n) is 10.7. The SMILES string of the molecule is CCCCCCCCCCCCCCCCCCCCCCCCCCCCCCCCCC(=O)OCCCCCCCCCCCCCCCCCCCCCCCCCCCCCCC. The predicted octanol–water partition coefficient (Wildman–Crippen LogP) is 24.4. The molecule has 0 radical (unpaired) electrons. The van der Waals surface area contributed by atoms with Gasteiger partial charge in [-0.2, -0.15) is 0 Å². The zero-order chi connectivity index (χ0) is 48.1. The summed E-state index contributed by atoms with van der Waals surface area (Å²) < 4.78 is 5.53. The third-order valence-electron chi connectivity index (χ3n) is 15.5. The number of ether oxygens (including phenoxy) is 1. The van der Waals surface area contributed by atoms with E-state index in [2.05, 4.69) is 13.8 Å². The maximum absolute atomic E-state index is 12.1. The molecule has 0 aromatic heterocycles. The molecule has 0 spiro atoms. The molecule has 0 atom stereocenters. The van der Waals surface area contributed by atoms with Crippen LogP contribution in [-0.2, 0) is 9.53 Å². The molecule has 0 bridgehead atoms. The summed E-state index contributed by atoms with van der Waals surface area (Å²) in [5.74, 6) is 0.0376. The van der Waals surface area contributed by atoms with Gasteiger partial charge in [0.05, 0.1) is 6.61 Å². The smallest absolute Gasteiger partial charge is 0.305 e. The molecule has 2 heteroatoms. The number of rotatable bonds is 62. The highest BCUT2D eigenvalue weighted by molar-refractivity contribution is 5.69. The summed E-state index contributed by atoms with van der Waals surface area (Å²) in [6, 6.07) is 0. The van der Waals surface area contributed by atoms with Gasteiger partial charge >= 0.3 is 5.97 Å². The lowest BCUT2D eigenvalue weighted by molar-refractivity contribution is -0.143. The standard InChI is InChI=1S/C65H130O2/c1-3-5-7-9-11-13-15-17-19-21-23-25-27-29-31-33-34-35-37-39-41-43-45-47-49-51-53-55-57-59-61-63-65(66)67-64-62-60-58-56-54-52-50-48-46-44-42-40-38-36-32-30-28-26-24-22-20-18-16-14-12-10-8-6-4-2/h3-64H2,1-2H3. The molecule has 402 valence electrons. The Bertz CT molecular complexity index is 852. The molecule has 0 amide bonds. The minimum absolute atomic E-state index is 0.0376. The first-order valence-corrected chi connectivity index (χ1v) is 32.5. The molecule has 0 saturated carbocycles. The van der Waals surface area contributed by atoms with E-state index in [9.17, 15) is 4.79 Å². The number of hydrogen-bond donors (Lipinski definition) is 0. The quantitative estimate of drug-likeness (QED) is 0.0449. The molecule has 0 aliphatic carbocycles. The molecule has 67 heavy (non-hydrogen) atoms. The Labute approximate surface area is 425 Å². The molecule has 0 fully saturated rings. The second-order valence-corrected chi connectivity index (χ2v) is 22.5. The largest absolute Gasteiger partial charge is 0.466 e. The molecular weight excluding hydrogens is 813 g/mol. The van der Waals surface area contributed by atoms with Crippen molar-refractivity contribution in [1.82, 2.24) is 0 Å². The molecule has 0 heterocycles. The molecule has 0 N–H and O–H groups in total. The molecule has 0 unspecified atom stereocenters. The monoisotopic (exact) mass is 943 g/mol. The summed E-state index contributed by atoms with van der Waals surface area (Å²) in [5, 5.41) is 0. The fourth-order valence-corrected chi connectivity index (χ4v) is 10.7. The van der Waals surface area contributed by atoms with Gasteiger partial charge in [-0.3, -0.25) is 4.79 Å². The van der Waals surface area contributed by atoms with Crippen LogP contribution in [0.1, 0.15) is 406 Å². The topological polar surface area (TPSA) is 26.3 Å². The van der Waals surface area contributed by atoms with E-state index in [0.717, 1.165) is 12.8 Å². The van der Waals surface area contributed by atoms with Crippen molar-refractivity contribution in [2.24, 2.45) is 0 Å². The van der Waals surface area contributed by atoms with E-state index in [0.29, 0.717) is 13.0 Å². The zero-order valence-corrected chi connectivity index (χ0v) is 47.2. The number of carbonyl (C=O) groups excluding carboxylic acids is 1. The van der Waals surface area contributed by atoms with Gasteiger partial charge in [-0.05, 0) is 12.8 Å². The van der Waals surface area contributed by atoms with Crippen molar-refractivity contribution >= 4 is 5.97 Å². The second-order valence-electron chi connectivity index (χ2n) is 22.5. The van der Waals surface area contributed by atoms with Crippen LogP contribution >= 0.6 is 0 Å². The van der Waals surface area contributed by atoms with Crippen LogP contribution in [0, 0.1) is 0 Å². The van der Waals surface area contributed by atoms with Gasteiger partial charge in [0, 0.05) is 6.42 Å². The maximum Gasteiger partial charge on any atom is 0.305 e. The van der Waals surface area contributed by atoms with Crippen LogP contribution in [0.3, 0.4) is 0 Å². The molecule has 2 nitrogen and oxygen atoms in total. The molecule has 0 aromatic carbocycles. The first-order chi connectivity index (χ1) is 33.3. The van der Waals surface area contributed by atoms with E-state index in [-0.39, 0.29) is 5.97 Å². The van der Waals surface area contributed by atoms with E-state index in [1.807, 2.05) is 0 Å². The van der Waals surface area contributed by atoms with Crippen molar-refractivity contribution in [2.75, 3.05) is 6.61 Å². The van der Waals surface area contributed by atoms with Gasteiger partial charge in [0.1, 0.15) is 0 Å². The van der Waals surface area contributed by atoms with Gasteiger partial charge in [0.25, 0.3) is 0 Å². The lowest BCUT2D eigenvalue weighted by Crippen LogP contribution is -2.05. The number of unbranched alkanes of at least 4 members (excludes halogenated alkanes) is 58. The van der Waals surface area contributed by atoms with Gasteiger partial charge in [-0.1, -0.05) is 386 Å². The summed E-state index contributed by atoms with van der Waals surface area (Å²) in [6.45, 7) is 5.25. The Morgan fingerprint density at radius 2 is 0.328 bits per heavy atom. The van der Waals surface area contributed by atoms with E-state index < -0.39 is 0 Å². The summed E-state index contributed by atoms with van der Waals surface area (Å²) in [6.07, 6.45) is 86.2. The summed E-state index contributed by atoms with van der Waals surface area (Å²) in [4.78, 5) is 12.1. The van der Waals surface area contributed by atoms with E-state index >= 15 is 0 Å². The zero-order valence-electron chi connectivity index (χ0n) is 47.2. The van der Waals surface area contributed by atoms with Gasteiger partial charge in [-0.15, -0.1) is 0 Å². The maximum atomic E-state index is 12.1. The highest BCUT2D eigenvalue weighted by atomic mass is 16.5. The van der Waals surface area contributed by atoms with Crippen LogP contribution in [0.25, 0.3) is 0 Å². The van der Waals surface area contributed by atoms with Crippen molar-refractivity contribution < 1.29 is 9.53 Å². The van der Waals surface area contributed by atoms with Crippen LogP contribution in [-0.4, -0.2) is 12.6 Å². The molecule has 0 rings (SSSR count). The van der Waals surface area contributed by atoms with Gasteiger partial charge < -0.3 is 4.74 Å². The highest BCUT2D eigenvalue weighted by Gasteiger charge is 2.04. The lowest BCUT2D eigenvalue weighted by atomic mass is 10.0. The molecule has 0 aliphatic rings. The molecule has 0 aliphatic heterocycles. The van der Waals surface area contributed by atoms with E-state index in [1.165, 1.54) is 372 Å². The number of esters is 1. The highest BCUT2D eigenvalue weighted by Crippen LogP contribution is 2.19. The summed E-state index contributed by atoms with van der Waals surface area (Å²) >= 11 is 0. The first-order valence-electron chi connectivity index (χ1n) is 32.5. The van der Waals surface area contributed by atoms with Crippen LogP contribution in [0.5, 0.6) is 0 Å². The summed E-state index contributed by atoms with van der Waals surface area (Å²) in [5.41, 5.74) is 0. The Hall–Kier alpha value is -0.530. The van der Waals surface area contributed by atoms with E-state index in [1.54, 1.807) is 0 Å². The van der Waals surface area contributed by atoms with Crippen molar-refractivity contribution in [3.8, 4) is 0 Å².